The van der Waals surface area contributed by atoms with E-state index in [0.29, 0.717) is 11.1 Å². The zero-order valence-electron chi connectivity index (χ0n) is 10.1. The van der Waals surface area contributed by atoms with Gasteiger partial charge < -0.3 is 0 Å². The first-order chi connectivity index (χ1) is 7.32. The molecule has 1 rings (SSSR count). The van der Waals surface area contributed by atoms with Crippen molar-refractivity contribution in [1.29, 1.82) is 0 Å². The highest BCUT2D eigenvalue weighted by atomic mass is 19.4. The highest BCUT2D eigenvalue weighted by Gasteiger charge is 2.32. The minimum Gasteiger partial charge on any atom is -0.166 e. The van der Waals surface area contributed by atoms with Crippen LogP contribution in [0.4, 0.5) is 13.2 Å². The molecule has 0 radical (unpaired) electrons. The van der Waals surface area contributed by atoms with Crippen LogP contribution in [0.1, 0.15) is 37.5 Å². The summed E-state index contributed by atoms with van der Waals surface area (Å²) in [5.74, 6) is 0. The van der Waals surface area contributed by atoms with E-state index in [0.717, 1.165) is 6.07 Å². The van der Waals surface area contributed by atoms with Gasteiger partial charge in [0, 0.05) is 0 Å². The van der Waals surface area contributed by atoms with E-state index < -0.39 is 11.7 Å². The predicted molar refractivity (Wildman–Crippen MR) is 62.2 cm³/mol. The van der Waals surface area contributed by atoms with Crippen molar-refractivity contribution in [2.75, 3.05) is 0 Å². The SMILES string of the molecule is C=C(C)c1ccc(C)c(C(F)(F)F)c1.CC. The summed E-state index contributed by atoms with van der Waals surface area (Å²) < 4.78 is 37.4. The second-order valence-electron chi connectivity index (χ2n) is 3.31. The Morgan fingerprint density at radius 2 is 1.69 bits per heavy atom. The number of allylic oxidation sites excluding steroid dienone is 1. The molecule has 0 amide bonds. The lowest BCUT2D eigenvalue weighted by Crippen LogP contribution is -2.07. The molecule has 0 saturated carbocycles. The van der Waals surface area contributed by atoms with Crippen molar-refractivity contribution in [1.82, 2.24) is 0 Å². The third-order valence-corrected chi connectivity index (χ3v) is 2.04. The van der Waals surface area contributed by atoms with E-state index in [1.165, 1.54) is 13.0 Å². The van der Waals surface area contributed by atoms with Crippen molar-refractivity contribution in [2.24, 2.45) is 0 Å². The minimum absolute atomic E-state index is 0.238. The maximum atomic E-state index is 12.5. The second-order valence-corrected chi connectivity index (χ2v) is 3.31. The summed E-state index contributed by atoms with van der Waals surface area (Å²) in [6, 6.07) is 4.25. The van der Waals surface area contributed by atoms with Crippen molar-refractivity contribution in [3.8, 4) is 0 Å². The van der Waals surface area contributed by atoms with Crippen LogP contribution in [0, 0.1) is 6.92 Å². The van der Waals surface area contributed by atoms with Crippen LogP contribution in [-0.2, 0) is 6.18 Å². The third-order valence-electron chi connectivity index (χ3n) is 2.04. The fourth-order valence-electron chi connectivity index (χ4n) is 1.19. The fraction of sp³-hybridized carbons (Fsp3) is 0.385. The van der Waals surface area contributed by atoms with Gasteiger partial charge in [-0.1, -0.05) is 38.1 Å². The van der Waals surface area contributed by atoms with Crippen molar-refractivity contribution >= 4 is 5.57 Å². The molecule has 0 atom stereocenters. The molecule has 0 unspecified atom stereocenters. The molecule has 0 fully saturated rings. The molecular formula is C13H17F3. The Kier molecular flexibility index (Phi) is 5.28. The number of halogens is 3. The molecule has 1 aromatic rings. The maximum absolute atomic E-state index is 12.5. The van der Waals surface area contributed by atoms with Crippen LogP contribution < -0.4 is 0 Å². The van der Waals surface area contributed by atoms with E-state index in [2.05, 4.69) is 6.58 Å². The zero-order valence-corrected chi connectivity index (χ0v) is 10.1. The summed E-state index contributed by atoms with van der Waals surface area (Å²) >= 11 is 0. The fourth-order valence-corrected chi connectivity index (χ4v) is 1.19. The van der Waals surface area contributed by atoms with Gasteiger partial charge in [-0.3, -0.25) is 0 Å². The van der Waals surface area contributed by atoms with Gasteiger partial charge in [0.25, 0.3) is 0 Å². The van der Waals surface area contributed by atoms with E-state index in [1.54, 1.807) is 13.0 Å². The molecule has 3 heteroatoms. The lowest BCUT2D eigenvalue weighted by molar-refractivity contribution is -0.138. The largest absolute Gasteiger partial charge is 0.416 e. The quantitative estimate of drug-likeness (QED) is 0.631. The van der Waals surface area contributed by atoms with Gasteiger partial charge in [-0.2, -0.15) is 13.2 Å². The monoisotopic (exact) mass is 230 g/mol. The van der Waals surface area contributed by atoms with E-state index in [-0.39, 0.29) is 5.56 Å². The summed E-state index contributed by atoms with van der Waals surface area (Å²) in [4.78, 5) is 0. The lowest BCUT2D eigenvalue weighted by Gasteiger charge is -2.11. The van der Waals surface area contributed by atoms with Crippen molar-refractivity contribution < 1.29 is 13.2 Å². The normalized spacial score (nSPS) is 10.4. The summed E-state index contributed by atoms with van der Waals surface area (Å²) in [7, 11) is 0. The summed E-state index contributed by atoms with van der Waals surface area (Å²) in [6.07, 6.45) is -4.28. The predicted octanol–water partition coefficient (Wildman–Crippen LogP) is 5.07. The van der Waals surface area contributed by atoms with Crippen LogP contribution in [0.2, 0.25) is 0 Å². The van der Waals surface area contributed by atoms with Crippen LogP contribution in [0.25, 0.3) is 5.57 Å². The van der Waals surface area contributed by atoms with Gasteiger partial charge in [0.05, 0.1) is 5.56 Å². The summed E-state index contributed by atoms with van der Waals surface area (Å²) in [5.41, 5.74) is 0.818. The van der Waals surface area contributed by atoms with Crippen LogP contribution in [0.5, 0.6) is 0 Å². The molecular weight excluding hydrogens is 213 g/mol. The first-order valence-corrected chi connectivity index (χ1v) is 5.16. The Labute approximate surface area is 94.8 Å². The maximum Gasteiger partial charge on any atom is 0.416 e. The number of aryl methyl sites for hydroxylation is 1. The molecule has 0 spiro atoms. The van der Waals surface area contributed by atoms with E-state index >= 15 is 0 Å². The first kappa shape index (κ1) is 14.8. The Morgan fingerprint density at radius 3 is 2.06 bits per heavy atom. The van der Waals surface area contributed by atoms with Gasteiger partial charge in [0.15, 0.2) is 0 Å². The molecule has 0 aliphatic carbocycles. The molecule has 0 aromatic heterocycles. The molecule has 0 nitrogen and oxygen atoms in total. The van der Waals surface area contributed by atoms with Crippen molar-refractivity contribution in [3.05, 3.63) is 41.5 Å². The number of alkyl halides is 3. The molecule has 90 valence electrons. The van der Waals surface area contributed by atoms with Crippen LogP contribution in [0.3, 0.4) is 0 Å². The molecule has 16 heavy (non-hydrogen) atoms. The molecule has 0 N–H and O–H groups in total. The van der Waals surface area contributed by atoms with E-state index in [9.17, 15) is 13.2 Å². The average Bonchev–Trinajstić information content (AvgIpc) is 2.19. The van der Waals surface area contributed by atoms with Gasteiger partial charge in [-0.05, 0) is 31.0 Å². The number of benzene rings is 1. The Hall–Kier alpha value is -1.25. The van der Waals surface area contributed by atoms with Gasteiger partial charge in [0.1, 0.15) is 0 Å². The smallest absolute Gasteiger partial charge is 0.166 e. The van der Waals surface area contributed by atoms with Crippen molar-refractivity contribution in [2.45, 2.75) is 33.9 Å². The van der Waals surface area contributed by atoms with Gasteiger partial charge in [-0.15, -0.1) is 0 Å². The molecule has 0 heterocycles. The topological polar surface area (TPSA) is 0 Å². The number of hydrogen-bond acceptors (Lipinski definition) is 0. The van der Waals surface area contributed by atoms with Crippen LogP contribution >= 0.6 is 0 Å². The molecule has 0 aliphatic rings. The lowest BCUT2D eigenvalue weighted by atomic mass is 10.0. The Morgan fingerprint density at radius 1 is 1.19 bits per heavy atom. The highest BCUT2D eigenvalue weighted by molar-refractivity contribution is 5.62. The number of rotatable bonds is 1. The first-order valence-electron chi connectivity index (χ1n) is 5.16. The molecule has 0 aliphatic heterocycles. The third kappa shape index (κ3) is 3.72. The van der Waals surface area contributed by atoms with E-state index in [4.69, 9.17) is 0 Å². The summed E-state index contributed by atoms with van der Waals surface area (Å²) in [5, 5.41) is 0. The molecule has 1 aromatic carbocycles. The number of hydrogen-bond donors (Lipinski definition) is 0. The van der Waals surface area contributed by atoms with E-state index in [1.807, 2.05) is 13.8 Å². The van der Waals surface area contributed by atoms with Crippen LogP contribution in [0.15, 0.2) is 24.8 Å². The highest BCUT2D eigenvalue weighted by Crippen LogP contribution is 2.33. The van der Waals surface area contributed by atoms with Crippen LogP contribution in [-0.4, -0.2) is 0 Å². The second kappa shape index (κ2) is 5.73. The minimum atomic E-state index is -4.28. The summed E-state index contributed by atoms with van der Waals surface area (Å²) in [6.45, 7) is 10.7. The van der Waals surface area contributed by atoms with Gasteiger partial charge >= 0.3 is 6.18 Å². The molecule has 0 saturated heterocycles. The zero-order chi connectivity index (χ0) is 12.9. The molecule has 0 bridgehead atoms. The average molecular weight is 230 g/mol. The standard InChI is InChI=1S/C11H11F3.C2H6/c1-7(2)9-5-4-8(3)10(6-9)11(12,13)14;1-2/h4-6H,1H2,2-3H3;1-2H3. The van der Waals surface area contributed by atoms with Gasteiger partial charge in [-0.25, -0.2) is 0 Å². The Bertz CT molecular complexity index is 362. The van der Waals surface area contributed by atoms with Gasteiger partial charge in [0.2, 0.25) is 0 Å². The Balaban J connectivity index is 0.00000106. The van der Waals surface area contributed by atoms with Crippen molar-refractivity contribution in [3.63, 3.8) is 0 Å².